The molecule has 0 fully saturated rings. The van der Waals surface area contributed by atoms with Gasteiger partial charge in [0, 0.05) is 4.47 Å². The van der Waals surface area contributed by atoms with Crippen molar-refractivity contribution in [3.8, 4) is 17.2 Å². The van der Waals surface area contributed by atoms with Crippen LogP contribution in [0.1, 0.15) is 28.4 Å². The Morgan fingerprint density at radius 2 is 1.52 bits per heavy atom. The van der Waals surface area contributed by atoms with E-state index < -0.39 is 5.97 Å². The van der Waals surface area contributed by atoms with Gasteiger partial charge >= 0.3 is 5.97 Å². The number of hydrogen-bond donors (Lipinski definition) is 1. The van der Waals surface area contributed by atoms with E-state index in [0.29, 0.717) is 34.9 Å². The Labute approximate surface area is 178 Å². The molecule has 29 heavy (non-hydrogen) atoms. The molecule has 0 radical (unpaired) electrons. The van der Waals surface area contributed by atoms with Crippen molar-refractivity contribution in [1.82, 2.24) is 0 Å². The molecule has 5 nitrogen and oxygen atoms in total. The molecule has 0 amide bonds. The molecule has 0 unspecified atom stereocenters. The summed E-state index contributed by atoms with van der Waals surface area (Å²) >= 11 is 3.28. The number of carboxylic acids is 1. The van der Waals surface area contributed by atoms with Crippen molar-refractivity contribution in [2.75, 3.05) is 6.61 Å². The van der Waals surface area contributed by atoms with Crippen LogP contribution in [0.3, 0.4) is 0 Å². The first-order chi connectivity index (χ1) is 14.1. The third kappa shape index (κ3) is 5.74. The first-order valence-electron chi connectivity index (χ1n) is 9.15. The van der Waals surface area contributed by atoms with Crippen molar-refractivity contribution in [2.45, 2.75) is 20.1 Å². The van der Waals surface area contributed by atoms with Crippen molar-refractivity contribution in [3.63, 3.8) is 0 Å². The zero-order valence-electron chi connectivity index (χ0n) is 15.9. The number of aromatic carboxylic acids is 1. The fourth-order valence-corrected chi connectivity index (χ4v) is 3.08. The lowest BCUT2D eigenvalue weighted by molar-refractivity contribution is 0.0691. The lowest BCUT2D eigenvalue weighted by atomic mass is 10.2. The molecule has 3 aromatic rings. The molecule has 0 saturated heterocycles. The quantitative estimate of drug-likeness (QED) is 0.446. The maximum Gasteiger partial charge on any atom is 0.339 e. The number of ether oxygens (including phenoxy) is 3. The second-order valence-corrected chi connectivity index (χ2v) is 7.14. The summed E-state index contributed by atoms with van der Waals surface area (Å²) in [5.41, 5.74) is 2.02. The van der Waals surface area contributed by atoms with E-state index in [1.807, 2.05) is 55.5 Å². The van der Waals surface area contributed by atoms with E-state index in [1.54, 1.807) is 12.1 Å². The third-order valence-electron chi connectivity index (χ3n) is 4.11. The maximum absolute atomic E-state index is 11.4. The van der Waals surface area contributed by atoms with Gasteiger partial charge in [-0.05, 0) is 48.4 Å². The van der Waals surface area contributed by atoms with Crippen LogP contribution in [0.5, 0.6) is 17.2 Å². The molecule has 0 heterocycles. The van der Waals surface area contributed by atoms with Gasteiger partial charge < -0.3 is 19.3 Å². The standard InChI is InChI=1S/C23H21BrO5/c1-2-27-22-12-17(8-10-21(22)29-14-16-6-4-3-5-7-16)15-28-20-11-9-18(24)13-19(20)23(25)26/h3-13H,2,14-15H2,1H3,(H,25,26). The molecule has 0 atom stereocenters. The van der Waals surface area contributed by atoms with E-state index in [1.165, 1.54) is 6.07 Å². The summed E-state index contributed by atoms with van der Waals surface area (Å²) in [4.78, 5) is 11.4. The first kappa shape index (κ1) is 20.7. The SMILES string of the molecule is CCOc1cc(COc2ccc(Br)cc2C(=O)O)ccc1OCc1ccccc1. The Morgan fingerprint density at radius 1 is 0.828 bits per heavy atom. The molecule has 0 aliphatic rings. The second kappa shape index (κ2) is 9.98. The smallest absolute Gasteiger partial charge is 0.339 e. The number of carbonyl (C=O) groups is 1. The van der Waals surface area contributed by atoms with Crippen LogP contribution < -0.4 is 14.2 Å². The number of benzene rings is 3. The van der Waals surface area contributed by atoms with Crippen molar-refractivity contribution in [1.29, 1.82) is 0 Å². The van der Waals surface area contributed by atoms with Crippen molar-refractivity contribution < 1.29 is 24.1 Å². The summed E-state index contributed by atoms with van der Waals surface area (Å²) in [6.45, 7) is 3.06. The van der Waals surface area contributed by atoms with E-state index >= 15 is 0 Å². The molecule has 1 N–H and O–H groups in total. The Bertz CT molecular complexity index is 972. The fourth-order valence-electron chi connectivity index (χ4n) is 2.72. The van der Waals surface area contributed by atoms with E-state index in [0.717, 1.165) is 11.1 Å². The topological polar surface area (TPSA) is 65.0 Å². The van der Waals surface area contributed by atoms with Crippen LogP contribution in [0.15, 0.2) is 71.2 Å². The number of carboxylic acid groups (broad SMARTS) is 1. The van der Waals surface area contributed by atoms with E-state index in [-0.39, 0.29) is 12.2 Å². The summed E-state index contributed by atoms with van der Waals surface area (Å²) in [6.07, 6.45) is 0. The van der Waals surface area contributed by atoms with Gasteiger partial charge in [-0.2, -0.15) is 0 Å². The lowest BCUT2D eigenvalue weighted by Crippen LogP contribution is -2.04. The van der Waals surface area contributed by atoms with Crippen LogP contribution in [-0.2, 0) is 13.2 Å². The summed E-state index contributed by atoms with van der Waals surface area (Å²) in [6, 6.07) is 20.4. The minimum atomic E-state index is -1.04. The van der Waals surface area contributed by atoms with Crippen molar-refractivity contribution in [2.24, 2.45) is 0 Å². The average molecular weight is 457 g/mol. The van der Waals surface area contributed by atoms with E-state index in [4.69, 9.17) is 14.2 Å². The van der Waals surface area contributed by atoms with Crippen LogP contribution in [0.4, 0.5) is 0 Å². The Hall–Kier alpha value is -2.99. The van der Waals surface area contributed by atoms with Crippen LogP contribution in [0.25, 0.3) is 0 Å². The minimum Gasteiger partial charge on any atom is -0.490 e. The van der Waals surface area contributed by atoms with Crippen LogP contribution >= 0.6 is 15.9 Å². The molecule has 0 bridgehead atoms. The predicted molar refractivity (Wildman–Crippen MR) is 114 cm³/mol. The third-order valence-corrected chi connectivity index (χ3v) is 4.60. The Morgan fingerprint density at radius 3 is 2.24 bits per heavy atom. The average Bonchev–Trinajstić information content (AvgIpc) is 2.73. The molecule has 150 valence electrons. The number of hydrogen-bond acceptors (Lipinski definition) is 4. The lowest BCUT2D eigenvalue weighted by Gasteiger charge is -2.14. The normalized spacial score (nSPS) is 10.4. The molecule has 0 spiro atoms. The highest BCUT2D eigenvalue weighted by molar-refractivity contribution is 9.10. The highest BCUT2D eigenvalue weighted by Crippen LogP contribution is 2.30. The molecule has 0 aliphatic carbocycles. The van der Waals surface area contributed by atoms with Gasteiger partial charge in [0.05, 0.1) is 6.61 Å². The number of halogens is 1. The summed E-state index contributed by atoms with van der Waals surface area (Å²) in [5, 5.41) is 9.35. The van der Waals surface area contributed by atoms with Gasteiger partial charge in [0.1, 0.15) is 24.5 Å². The van der Waals surface area contributed by atoms with Gasteiger partial charge in [-0.15, -0.1) is 0 Å². The maximum atomic E-state index is 11.4. The Balaban J connectivity index is 1.72. The zero-order chi connectivity index (χ0) is 20.6. The Kier molecular flexibility index (Phi) is 7.14. The van der Waals surface area contributed by atoms with Crippen LogP contribution in [0.2, 0.25) is 0 Å². The van der Waals surface area contributed by atoms with Crippen molar-refractivity contribution in [3.05, 3.63) is 87.9 Å². The largest absolute Gasteiger partial charge is 0.490 e. The van der Waals surface area contributed by atoms with Crippen LogP contribution in [0, 0.1) is 0 Å². The molecule has 0 saturated carbocycles. The summed E-state index contributed by atoms with van der Waals surface area (Å²) in [5.74, 6) is 0.539. The van der Waals surface area contributed by atoms with Gasteiger partial charge in [-0.25, -0.2) is 4.79 Å². The highest BCUT2D eigenvalue weighted by Gasteiger charge is 2.13. The van der Waals surface area contributed by atoms with Gasteiger partial charge in [-0.1, -0.05) is 52.3 Å². The molecular formula is C23H21BrO5. The van der Waals surface area contributed by atoms with Crippen LogP contribution in [-0.4, -0.2) is 17.7 Å². The molecule has 6 heteroatoms. The molecule has 3 aromatic carbocycles. The summed E-state index contributed by atoms with van der Waals surface area (Å²) in [7, 11) is 0. The molecule has 0 aliphatic heterocycles. The molecule has 3 rings (SSSR count). The van der Waals surface area contributed by atoms with E-state index in [9.17, 15) is 9.90 Å². The first-order valence-corrected chi connectivity index (χ1v) is 9.94. The fraction of sp³-hybridized carbons (Fsp3) is 0.174. The second-order valence-electron chi connectivity index (χ2n) is 6.22. The zero-order valence-corrected chi connectivity index (χ0v) is 17.5. The van der Waals surface area contributed by atoms with Gasteiger partial charge in [-0.3, -0.25) is 0 Å². The van der Waals surface area contributed by atoms with Crippen molar-refractivity contribution >= 4 is 21.9 Å². The summed E-state index contributed by atoms with van der Waals surface area (Å²) < 4.78 is 18.0. The van der Waals surface area contributed by atoms with Gasteiger partial charge in [0.15, 0.2) is 11.5 Å². The van der Waals surface area contributed by atoms with E-state index in [2.05, 4.69) is 15.9 Å². The highest BCUT2D eigenvalue weighted by atomic mass is 79.9. The molecule has 0 aromatic heterocycles. The number of rotatable bonds is 9. The monoisotopic (exact) mass is 456 g/mol. The van der Waals surface area contributed by atoms with Gasteiger partial charge in [0.25, 0.3) is 0 Å². The molecular weight excluding hydrogens is 436 g/mol. The minimum absolute atomic E-state index is 0.104. The predicted octanol–water partition coefficient (Wildman–Crippen LogP) is 5.70. The van der Waals surface area contributed by atoms with Gasteiger partial charge in [0.2, 0.25) is 0 Å².